The van der Waals surface area contributed by atoms with Crippen molar-refractivity contribution in [3.8, 4) is 39.1 Å². The lowest BCUT2D eigenvalue weighted by Crippen LogP contribution is -2.16. The van der Waals surface area contributed by atoms with Crippen molar-refractivity contribution in [2.45, 2.75) is 38.5 Å². The van der Waals surface area contributed by atoms with Gasteiger partial charge in [0.05, 0.1) is 11.0 Å². The van der Waals surface area contributed by atoms with Crippen molar-refractivity contribution in [3.05, 3.63) is 216 Å². The van der Waals surface area contributed by atoms with Gasteiger partial charge in [0.15, 0.2) is 0 Å². The van der Waals surface area contributed by atoms with Crippen molar-refractivity contribution in [1.82, 2.24) is 4.57 Å². The smallest absolute Gasteiger partial charge is 0.0547 e. The lowest BCUT2D eigenvalue weighted by atomic mass is 9.80. The molecule has 0 bridgehead atoms. The van der Waals surface area contributed by atoms with Gasteiger partial charge < -0.3 is 9.47 Å². The first kappa shape index (κ1) is 34.8. The largest absolute Gasteiger partial charge is 0.310 e. The molecule has 0 N–H and O–H groups in total. The van der Waals surface area contributed by atoms with Crippen LogP contribution >= 0.6 is 0 Å². The summed E-state index contributed by atoms with van der Waals surface area (Å²) in [6.07, 6.45) is 0. The van der Waals surface area contributed by atoms with Gasteiger partial charge in [-0.3, -0.25) is 0 Å². The molecule has 0 aliphatic heterocycles. The van der Waals surface area contributed by atoms with Gasteiger partial charge in [0.1, 0.15) is 0 Å². The van der Waals surface area contributed by atoms with Crippen molar-refractivity contribution in [1.29, 1.82) is 0 Å². The van der Waals surface area contributed by atoms with Crippen molar-refractivity contribution in [2.75, 3.05) is 4.90 Å². The average molecular weight is 769 g/mol. The lowest BCUT2D eigenvalue weighted by Gasteiger charge is -2.28. The summed E-state index contributed by atoms with van der Waals surface area (Å²) in [5.74, 6) is 0. The van der Waals surface area contributed by atoms with Gasteiger partial charge >= 0.3 is 0 Å². The molecular formula is C58H44N2. The van der Waals surface area contributed by atoms with Gasteiger partial charge in [-0.1, -0.05) is 155 Å². The van der Waals surface area contributed by atoms with Crippen LogP contribution in [0, 0.1) is 0 Å². The molecule has 2 nitrogen and oxygen atoms in total. The number of aromatic nitrogens is 1. The minimum Gasteiger partial charge on any atom is -0.310 e. The number of fused-ring (bicyclic) bond motifs is 11. The van der Waals surface area contributed by atoms with Gasteiger partial charge in [0.25, 0.3) is 0 Å². The zero-order chi connectivity index (χ0) is 40.3. The van der Waals surface area contributed by atoms with Gasteiger partial charge in [-0.15, -0.1) is 0 Å². The Labute approximate surface area is 351 Å². The molecule has 60 heavy (non-hydrogen) atoms. The van der Waals surface area contributed by atoms with E-state index in [1.807, 2.05) is 0 Å². The molecular weight excluding hydrogens is 725 g/mol. The van der Waals surface area contributed by atoms with E-state index in [9.17, 15) is 0 Å². The molecule has 2 aliphatic rings. The van der Waals surface area contributed by atoms with E-state index in [0.717, 1.165) is 22.7 Å². The standard InChI is InChI=1S/C58H44N2/c1-57(2)51-24-13-11-22-44(51)46-30-27-43(35-53(46)57)59(41-21-15-18-38(32-41)37-16-7-5-8-17-37)42-28-31-54-49(34-42)50-36-48-39(33-55(50)60(54)40-19-9-6-10-20-40)26-29-47-45-23-12-14-25-52(45)58(3,4)56(47)48/h5-36H,1-4H3. The van der Waals surface area contributed by atoms with Crippen LogP contribution in [0.15, 0.2) is 194 Å². The first-order chi connectivity index (χ1) is 29.3. The van der Waals surface area contributed by atoms with E-state index in [1.54, 1.807) is 0 Å². The van der Waals surface area contributed by atoms with Crippen LogP contribution in [-0.2, 0) is 10.8 Å². The fourth-order valence-electron chi connectivity index (χ4n) is 10.8. The second kappa shape index (κ2) is 12.7. The van der Waals surface area contributed by atoms with Gasteiger partial charge in [0, 0.05) is 44.4 Å². The van der Waals surface area contributed by atoms with Gasteiger partial charge in [-0.25, -0.2) is 0 Å². The average Bonchev–Trinajstić information content (AvgIpc) is 3.82. The molecule has 0 fully saturated rings. The van der Waals surface area contributed by atoms with Crippen LogP contribution < -0.4 is 4.90 Å². The van der Waals surface area contributed by atoms with Gasteiger partial charge in [-0.2, -0.15) is 0 Å². The van der Waals surface area contributed by atoms with Gasteiger partial charge in [-0.05, 0) is 133 Å². The summed E-state index contributed by atoms with van der Waals surface area (Å²) in [7, 11) is 0. The highest BCUT2D eigenvalue weighted by Gasteiger charge is 2.38. The Hall–Kier alpha value is -7.16. The Morgan fingerprint density at radius 3 is 1.73 bits per heavy atom. The first-order valence-corrected chi connectivity index (χ1v) is 21.2. The van der Waals surface area contributed by atoms with E-state index < -0.39 is 0 Å². The second-order valence-electron chi connectivity index (χ2n) is 17.8. The molecule has 10 aromatic rings. The molecule has 0 radical (unpaired) electrons. The second-order valence-corrected chi connectivity index (χ2v) is 17.8. The van der Waals surface area contributed by atoms with Crippen LogP contribution in [0.3, 0.4) is 0 Å². The maximum absolute atomic E-state index is 2.50. The van der Waals surface area contributed by atoms with E-state index in [4.69, 9.17) is 0 Å². The highest BCUT2D eigenvalue weighted by Crippen LogP contribution is 2.53. The van der Waals surface area contributed by atoms with Crippen molar-refractivity contribution in [3.63, 3.8) is 0 Å². The molecule has 286 valence electrons. The Kier molecular flexibility index (Phi) is 7.36. The van der Waals surface area contributed by atoms with E-state index >= 15 is 0 Å². The molecule has 0 spiro atoms. The number of hydrogen-bond acceptors (Lipinski definition) is 1. The molecule has 0 saturated carbocycles. The Morgan fingerprint density at radius 1 is 0.367 bits per heavy atom. The zero-order valence-corrected chi connectivity index (χ0v) is 34.4. The maximum atomic E-state index is 2.50. The number of hydrogen-bond donors (Lipinski definition) is 0. The highest BCUT2D eigenvalue weighted by atomic mass is 15.1. The van der Waals surface area contributed by atoms with Crippen LogP contribution in [0.2, 0.25) is 0 Å². The molecule has 2 aliphatic carbocycles. The molecule has 1 heterocycles. The fourth-order valence-corrected chi connectivity index (χ4v) is 10.8. The topological polar surface area (TPSA) is 8.17 Å². The van der Waals surface area contributed by atoms with E-state index in [1.165, 1.54) is 88.2 Å². The number of nitrogens with zero attached hydrogens (tertiary/aromatic N) is 2. The van der Waals surface area contributed by atoms with Crippen LogP contribution in [-0.4, -0.2) is 4.57 Å². The molecule has 0 unspecified atom stereocenters. The van der Waals surface area contributed by atoms with Crippen LogP contribution in [0.1, 0.15) is 49.9 Å². The van der Waals surface area contributed by atoms with Crippen molar-refractivity contribution >= 4 is 49.6 Å². The fraction of sp³-hybridized carbons (Fsp3) is 0.103. The third kappa shape index (κ3) is 4.94. The molecule has 1 aromatic heterocycles. The van der Waals surface area contributed by atoms with Crippen LogP contribution in [0.4, 0.5) is 17.1 Å². The molecule has 0 amide bonds. The molecule has 0 atom stereocenters. The Balaban J connectivity index is 1.12. The van der Waals surface area contributed by atoms with Crippen molar-refractivity contribution < 1.29 is 0 Å². The maximum Gasteiger partial charge on any atom is 0.0547 e. The summed E-state index contributed by atoms with van der Waals surface area (Å²) in [6, 6.07) is 72.3. The number of para-hydroxylation sites is 1. The minimum atomic E-state index is -0.124. The molecule has 12 rings (SSSR count). The monoisotopic (exact) mass is 768 g/mol. The van der Waals surface area contributed by atoms with E-state index in [-0.39, 0.29) is 10.8 Å². The SMILES string of the molecule is CC1(C)c2ccccc2-c2ccc(N(c3cccc(-c4ccccc4)c3)c3ccc4c(c3)c3cc5c6c(ccc5cc3n4-c3ccccc3)-c3ccccc3C6(C)C)cc21. The minimum absolute atomic E-state index is 0.121. The summed E-state index contributed by atoms with van der Waals surface area (Å²) in [6.45, 7) is 9.52. The van der Waals surface area contributed by atoms with Gasteiger partial charge in [0.2, 0.25) is 0 Å². The quantitative estimate of drug-likeness (QED) is 0.169. The number of benzene rings is 9. The third-order valence-electron chi connectivity index (χ3n) is 13.7. The Bertz CT molecular complexity index is 3370. The summed E-state index contributed by atoms with van der Waals surface area (Å²) in [5.41, 5.74) is 20.0. The summed E-state index contributed by atoms with van der Waals surface area (Å²) < 4.78 is 2.45. The summed E-state index contributed by atoms with van der Waals surface area (Å²) >= 11 is 0. The zero-order valence-electron chi connectivity index (χ0n) is 34.4. The highest BCUT2D eigenvalue weighted by molar-refractivity contribution is 6.16. The van der Waals surface area contributed by atoms with Crippen molar-refractivity contribution in [2.24, 2.45) is 0 Å². The summed E-state index contributed by atoms with van der Waals surface area (Å²) in [4.78, 5) is 2.47. The van der Waals surface area contributed by atoms with E-state index in [2.05, 4.69) is 231 Å². The van der Waals surface area contributed by atoms with Crippen LogP contribution in [0.5, 0.6) is 0 Å². The molecule has 9 aromatic carbocycles. The first-order valence-electron chi connectivity index (χ1n) is 21.2. The summed E-state index contributed by atoms with van der Waals surface area (Å²) in [5, 5.41) is 5.08. The molecule has 2 heteroatoms. The molecule has 0 saturated heterocycles. The number of anilines is 3. The third-order valence-corrected chi connectivity index (χ3v) is 13.7. The normalized spacial score (nSPS) is 14.3. The lowest BCUT2D eigenvalue weighted by molar-refractivity contribution is 0.660. The number of rotatable bonds is 5. The Morgan fingerprint density at radius 2 is 0.950 bits per heavy atom. The van der Waals surface area contributed by atoms with E-state index in [0.29, 0.717) is 0 Å². The predicted molar refractivity (Wildman–Crippen MR) is 254 cm³/mol. The van der Waals surface area contributed by atoms with Crippen LogP contribution in [0.25, 0.3) is 71.6 Å². The predicted octanol–water partition coefficient (Wildman–Crippen LogP) is 15.7.